The quantitative estimate of drug-likeness (QED) is 0.380. The predicted molar refractivity (Wildman–Crippen MR) is 123 cm³/mol. The van der Waals surface area contributed by atoms with Gasteiger partial charge < -0.3 is 14.8 Å². The predicted octanol–water partition coefficient (Wildman–Crippen LogP) is 3.12. The highest BCUT2D eigenvalue weighted by Crippen LogP contribution is 2.27. The molecule has 2 saturated heterocycles. The summed E-state index contributed by atoms with van der Waals surface area (Å²) < 4.78 is 0. The highest BCUT2D eigenvalue weighted by molar-refractivity contribution is 6.45. The van der Waals surface area contributed by atoms with Crippen molar-refractivity contribution < 1.29 is 19.2 Å². The third kappa shape index (κ3) is 3.57. The molecule has 0 atom stereocenters. The molecule has 33 heavy (non-hydrogen) atoms. The van der Waals surface area contributed by atoms with Crippen molar-refractivity contribution >= 4 is 40.2 Å². The minimum Gasteiger partial charge on any atom is -0.358 e. The average molecular weight is 444 g/mol. The molecule has 0 saturated carbocycles. The zero-order chi connectivity index (χ0) is 23.1. The first-order chi connectivity index (χ1) is 16.0. The Kier molecular flexibility index (Phi) is 5.20. The molecule has 2 fully saturated rings. The fourth-order valence-electron chi connectivity index (χ4n) is 4.84. The van der Waals surface area contributed by atoms with Crippen molar-refractivity contribution in [3.8, 4) is 0 Å². The van der Waals surface area contributed by atoms with Crippen LogP contribution in [0.4, 0.5) is 10.5 Å². The van der Waals surface area contributed by atoms with Gasteiger partial charge in [0, 0.05) is 35.7 Å². The van der Waals surface area contributed by atoms with Gasteiger partial charge in [0.05, 0.1) is 11.3 Å². The van der Waals surface area contributed by atoms with E-state index in [0.29, 0.717) is 42.9 Å². The number of likely N-dealkylation sites (tertiary alicyclic amines) is 1. The molecule has 0 bridgehead atoms. The molecule has 2 aliphatic rings. The van der Waals surface area contributed by atoms with Crippen molar-refractivity contribution in [3.05, 3.63) is 65.9 Å². The molecule has 4 amide bonds. The number of fused-ring (bicyclic) bond motifs is 1. The Morgan fingerprint density at radius 1 is 0.939 bits per heavy atom. The largest absolute Gasteiger partial charge is 0.358 e. The van der Waals surface area contributed by atoms with Gasteiger partial charge in [0.1, 0.15) is 6.54 Å². The molecule has 168 valence electrons. The standard InChI is InChI=1S/C25H24N4O4/c1-16-22(19-9-5-6-10-20(19)26-16)23(31)24(32)27-13-11-17(12-14-27)28-15-21(30)29(25(28)33)18-7-3-2-4-8-18/h2-10,17,26H,11-15H2,1H3. The zero-order valence-electron chi connectivity index (χ0n) is 18.3. The maximum atomic E-state index is 13.0. The minimum absolute atomic E-state index is 0.0276. The maximum Gasteiger partial charge on any atom is 0.332 e. The molecule has 1 N–H and O–H groups in total. The monoisotopic (exact) mass is 444 g/mol. The summed E-state index contributed by atoms with van der Waals surface area (Å²) in [7, 11) is 0. The van der Waals surface area contributed by atoms with Gasteiger partial charge in [-0.1, -0.05) is 36.4 Å². The van der Waals surface area contributed by atoms with Crippen LogP contribution in [0.25, 0.3) is 10.9 Å². The number of aromatic amines is 1. The smallest absolute Gasteiger partial charge is 0.332 e. The van der Waals surface area contributed by atoms with E-state index < -0.39 is 11.7 Å². The molecule has 0 unspecified atom stereocenters. The second-order valence-corrected chi connectivity index (χ2v) is 8.50. The Labute approximate surface area is 190 Å². The van der Waals surface area contributed by atoms with Crippen LogP contribution in [0.15, 0.2) is 54.6 Å². The number of aromatic nitrogens is 1. The van der Waals surface area contributed by atoms with Crippen LogP contribution < -0.4 is 4.90 Å². The van der Waals surface area contributed by atoms with Crippen LogP contribution in [0.3, 0.4) is 0 Å². The minimum atomic E-state index is -0.531. The first kappa shape index (κ1) is 20.9. The number of para-hydroxylation sites is 2. The number of amides is 4. The van der Waals surface area contributed by atoms with Crippen molar-refractivity contribution in [2.75, 3.05) is 24.5 Å². The lowest BCUT2D eigenvalue weighted by molar-refractivity contribution is -0.128. The van der Waals surface area contributed by atoms with Crippen LogP contribution in [0.2, 0.25) is 0 Å². The van der Waals surface area contributed by atoms with Gasteiger partial charge in [-0.25, -0.2) is 9.69 Å². The van der Waals surface area contributed by atoms with Gasteiger partial charge in [-0.3, -0.25) is 14.4 Å². The Morgan fingerprint density at radius 2 is 1.61 bits per heavy atom. The van der Waals surface area contributed by atoms with E-state index in [0.717, 1.165) is 10.9 Å². The molecule has 5 rings (SSSR count). The van der Waals surface area contributed by atoms with Gasteiger partial charge in [0.15, 0.2) is 0 Å². The summed E-state index contributed by atoms with van der Waals surface area (Å²) in [6.45, 7) is 2.54. The lowest BCUT2D eigenvalue weighted by atomic mass is 10.0. The molecule has 1 aromatic heterocycles. The summed E-state index contributed by atoms with van der Waals surface area (Å²) in [5.74, 6) is -1.31. The van der Waals surface area contributed by atoms with E-state index in [9.17, 15) is 19.2 Å². The van der Waals surface area contributed by atoms with Crippen LogP contribution in [0.1, 0.15) is 28.9 Å². The summed E-state index contributed by atoms with van der Waals surface area (Å²) >= 11 is 0. The molecule has 8 heteroatoms. The number of carbonyl (C=O) groups excluding carboxylic acids is 4. The van der Waals surface area contributed by atoms with Gasteiger partial charge in [-0.15, -0.1) is 0 Å². The molecule has 3 aromatic rings. The number of nitrogens with zero attached hydrogens (tertiary/aromatic N) is 3. The fraction of sp³-hybridized carbons (Fsp3) is 0.280. The highest BCUT2D eigenvalue weighted by atomic mass is 16.2. The molecule has 0 aliphatic carbocycles. The highest BCUT2D eigenvalue weighted by Gasteiger charge is 2.42. The number of imide groups is 1. The normalized spacial score (nSPS) is 17.3. The number of piperidine rings is 1. The van der Waals surface area contributed by atoms with Gasteiger partial charge in [-0.05, 0) is 38.0 Å². The molecular formula is C25H24N4O4. The van der Waals surface area contributed by atoms with E-state index in [4.69, 9.17) is 0 Å². The summed E-state index contributed by atoms with van der Waals surface area (Å²) in [4.78, 5) is 59.0. The van der Waals surface area contributed by atoms with Gasteiger partial charge in [0.25, 0.3) is 17.6 Å². The SMILES string of the molecule is Cc1[nH]c2ccccc2c1C(=O)C(=O)N1CCC(N2CC(=O)N(c3ccccc3)C2=O)CC1. The second-order valence-electron chi connectivity index (χ2n) is 8.50. The summed E-state index contributed by atoms with van der Waals surface area (Å²) in [6.07, 6.45) is 1.04. The number of hydrogen-bond acceptors (Lipinski definition) is 4. The first-order valence-electron chi connectivity index (χ1n) is 11.0. The Balaban J connectivity index is 1.26. The number of aryl methyl sites for hydroxylation is 1. The van der Waals surface area contributed by atoms with Crippen molar-refractivity contribution in [3.63, 3.8) is 0 Å². The van der Waals surface area contributed by atoms with Gasteiger partial charge in [0.2, 0.25) is 0 Å². The number of rotatable bonds is 4. The van der Waals surface area contributed by atoms with Crippen molar-refractivity contribution in [2.45, 2.75) is 25.8 Å². The Bertz CT molecular complexity index is 1260. The van der Waals surface area contributed by atoms with E-state index in [1.54, 1.807) is 41.0 Å². The second kappa shape index (κ2) is 8.20. The number of hydrogen-bond donors (Lipinski definition) is 1. The average Bonchev–Trinajstić information content (AvgIpc) is 3.33. The van der Waals surface area contributed by atoms with Crippen molar-refractivity contribution in [1.82, 2.24) is 14.8 Å². The topological polar surface area (TPSA) is 93.8 Å². The van der Waals surface area contributed by atoms with Crippen LogP contribution in [-0.4, -0.2) is 64.1 Å². The summed E-state index contributed by atoms with van der Waals surface area (Å²) in [5, 5.41) is 0.741. The molecule has 0 spiro atoms. The van der Waals surface area contributed by atoms with Crippen molar-refractivity contribution in [1.29, 1.82) is 0 Å². The zero-order valence-corrected chi connectivity index (χ0v) is 18.3. The summed E-state index contributed by atoms with van der Waals surface area (Å²) in [6, 6.07) is 15.8. The number of urea groups is 1. The van der Waals surface area contributed by atoms with E-state index in [1.165, 1.54) is 4.90 Å². The van der Waals surface area contributed by atoms with E-state index in [2.05, 4.69) is 4.98 Å². The number of nitrogens with one attached hydrogen (secondary N) is 1. The summed E-state index contributed by atoms with van der Waals surface area (Å²) in [5.41, 5.74) is 2.47. The third-order valence-electron chi connectivity index (χ3n) is 6.51. The maximum absolute atomic E-state index is 13.0. The number of H-pyrrole nitrogens is 1. The first-order valence-corrected chi connectivity index (χ1v) is 11.0. The number of ketones is 1. The van der Waals surface area contributed by atoms with Crippen molar-refractivity contribution in [2.24, 2.45) is 0 Å². The molecule has 8 nitrogen and oxygen atoms in total. The molecule has 3 heterocycles. The van der Waals surface area contributed by atoms with Gasteiger partial charge >= 0.3 is 6.03 Å². The fourth-order valence-corrected chi connectivity index (χ4v) is 4.84. The number of Topliss-reactive ketones (excluding diaryl/α,β-unsaturated/α-hetero) is 1. The molecule has 0 radical (unpaired) electrons. The number of benzene rings is 2. The number of carbonyl (C=O) groups is 4. The van der Waals surface area contributed by atoms with Gasteiger partial charge in [-0.2, -0.15) is 0 Å². The van der Waals surface area contributed by atoms with Crippen LogP contribution in [-0.2, 0) is 9.59 Å². The van der Waals surface area contributed by atoms with Crippen LogP contribution in [0.5, 0.6) is 0 Å². The van der Waals surface area contributed by atoms with Crippen LogP contribution >= 0.6 is 0 Å². The van der Waals surface area contributed by atoms with E-state index in [-0.39, 0.29) is 24.5 Å². The van der Waals surface area contributed by atoms with Crippen LogP contribution in [0, 0.1) is 6.92 Å². The molecule has 2 aliphatic heterocycles. The molecular weight excluding hydrogens is 420 g/mol. The van der Waals surface area contributed by atoms with E-state index in [1.807, 2.05) is 30.3 Å². The number of anilines is 1. The van der Waals surface area contributed by atoms with E-state index >= 15 is 0 Å². The lowest BCUT2D eigenvalue weighted by Gasteiger charge is -2.35. The third-order valence-corrected chi connectivity index (χ3v) is 6.51. The Hall–Kier alpha value is -3.94. The lowest BCUT2D eigenvalue weighted by Crippen LogP contribution is -2.49. The Morgan fingerprint density at radius 3 is 2.33 bits per heavy atom. The molecule has 2 aromatic carbocycles.